The zero-order valence-corrected chi connectivity index (χ0v) is 16.2. The number of methoxy groups -OCH3 is 1. The molecule has 140 valence electrons. The molecule has 0 aliphatic rings. The van der Waals surface area contributed by atoms with Crippen LogP contribution in [0.4, 0.5) is 5.13 Å². The summed E-state index contributed by atoms with van der Waals surface area (Å²) in [6.07, 6.45) is 3.16. The average molecular weight is 390 g/mol. The third-order valence-corrected chi connectivity index (χ3v) is 5.02. The van der Waals surface area contributed by atoms with Gasteiger partial charge in [0.05, 0.1) is 25.3 Å². The summed E-state index contributed by atoms with van der Waals surface area (Å²) < 4.78 is 7.18. The lowest BCUT2D eigenvalue weighted by atomic mass is 10.1. The second kappa shape index (κ2) is 7.66. The van der Waals surface area contributed by atoms with Gasteiger partial charge in [-0.15, -0.1) is 11.3 Å². The normalized spacial score (nSPS) is 10.6. The van der Waals surface area contributed by atoms with Gasteiger partial charge in [-0.25, -0.2) is 9.97 Å². The Morgan fingerprint density at radius 1 is 1.18 bits per heavy atom. The van der Waals surface area contributed by atoms with Gasteiger partial charge in [-0.2, -0.15) is 0 Å². The maximum Gasteiger partial charge on any atom is 0.276 e. The van der Waals surface area contributed by atoms with Gasteiger partial charge in [0.15, 0.2) is 5.13 Å². The molecule has 0 spiro atoms. The Labute approximate surface area is 166 Å². The number of hydrogen-bond acceptors (Lipinski definition) is 5. The van der Waals surface area contributed by atoms with Gasteiger partial charge in [0.1, 0.15) is 11.4 Å². The standard InChI is InChI=1S/C21H18N4O2S/c1-14-8-9-19(27-2)16(10-14)17-12-28-21(23-17)24-20(26)18-11-22-13-25(18)15-6-4-3-5-7-15/h3-13H,1-2H3,(H,23,24,26). The molecule has 7 heteroatoms. The first-order valence-corrected chi connectivity index (χ1v) is 9.53. The molecular formula is C21H18N4O2S. The second-order valence-corrected chi connectivity index (χ2v) is 7.04. The first kappa shape index (κ1) is 17.9. The molecule has 2 aromatic heterocycles. The fourth-order valence-corrected chi connectivity index (χ4v) is 3.60. The number of imidazole rings is 1. The van der Waals surface area contributed by atoms with Gasteiger partial charge < -0.3 is 4.74 Å². The maximum atomic E-state index is 12.8. The summed E-state index contributed by atoms with van der Waals surface area (Å²) in [5.41, 5.74) is 4.08. The van der Waals surface area contributed by atoms with Crippen LogP contribution in [0.25, 0.3) is 16.9 Å². The molecule has 0 aliphatic carbocycles. The number of benzene rings is 2. The SMILES string of the molecule is COc1ccc(C)cc1-c1csc(NC(=O)c2cncn2-c2ccccc2)n1. The van der Waals surface area contributed by atoms with Crippen molar-refractivity contribution in [3.8, 4) is 22.7 Å². The van der Waals surface area contributed by atoms with Crippen LogP contribution in [0.2, 0.25) is 0 Å². The van der Waals surface area contributed by atoms with E-state index >= 15 is 0 Å². The molecule has 0 saturated carbocycles. The second-order valence-electron chi connectivity index (χ2n) is 6.18. The van der Waals surface area contributed by atoms with Gasteiger partial charge in [-0.05, 0) is 31.2 Å². The highest BCUT2D eigenvalue weighted by molar-refractivity contribution is 7.14. The summed E-state index contributed by atoms with van der Waals surface area (Å²) in [4.78, 5) is 21.4. The minimum atomic E-state index is -0.265. The Balaban J connectivity index is 1.58. The van der Waals surface area contributed by atoms with Gasteiger partial charge in [0, 0.05) is 16.6 Å². The molecule has 4 rings (SSSR count). The number of nitrogens with zero attached hydrogens (tertiary/aromatic N) is 3. The number of aromatic nitrogens is 3. The highest BCUT2D eigenvalue weighted by Gasteiger charge is 2.16. The molecule has 6 nitrogen and oxygen atoms in total. The lowest BCUT2D eigenvalue weighted by molar-refractivity contribution is 0.102. The van der Waals surface area contributed by atoms with Crippen molar-refractivity contribution in [2.75, 3.05) is 12.4 Å². The summed E-state index contributed by atoms with van der Waals surface area (Å²) in [6.45, 7) is 2.02. The lowest BCUT2D eigenvalue weighted by Crippen LogP contribution is -2.15. The number of aryl methyl sites for hydroxylation is 1. The van der Waals surface area contributed by atoms with Crippen LogP contribution in [0.5, 0.6) is 5.75 Å². The van der Waals surface area contributed by atoms with E-state index < -0.39 is 0 Å². The summed E-state index contributed by atoms with van der Waals surface area (Å²) in [7, 11) is 1.63. The highest BCUT2D eigenvalue weighted by Crippen LogP contribution is 2.33. The van der Waals surface area contributed by atoms with E-state index in [1.54, 1.807) is 24.2 Å². The fourth-order valence-electron chi connectivity index (χ4n) is 2.90. The molecule has 0 radical (unpaired) electrons. The Morgan fingerprint density at radius 3 is 2.79 bits per heavy atom. The number of hydrogen-bond donors (Lipinski definition) is 1. The van der Waals surface area contributed by atoms with Gasteiger partial charge >= 0.3 is 0 Å². The summed E-state index contributed by atoms with van der Waals surface area (Å²) in [5, 5.41) is 5.29. The van der Waals surface area contributed by atoms with E-state index in [9.17, 15) is 4.79 Å². The van der Waals surface area contributed by atoms with E-state index in [0.717, 1.165) is 28.3 Å². The van der Waals surface area contributed by atoms with Crippen molar-refractivity contribution in [1.29, 1.82) is 0 Å². The largest absolute Gasteiger partial charge is 0.496 e. The van der Waals surface area contributed by atoms with Crippen molar-refractivity contribution in [2.24, 2.45) is 0 Å². The van der Waals surface area contributed by atoms with Crippen LogP contribution in [0.1, 0.15) is 16.1 Å². The van der Waals surface area contributed by atoms with E-state index in [1.165, 1.54) is 11.3 Å². The number of ether oxygens (including phenoxy) is 1. The van der Waals surface area contributed by atoms with Gasteiger partial charge in [0.2, 0.25) is 0 Å². The third-order valence-electron chi connectivity index (χ3n) is 4.26. The molecule has 2 heterocycles. The van der Waals surface area contributed by atoms with E-state index in [0.29, 0.717) is 10.8 Å². The van der Waals surface area contributed by atoms with Crippen molar-refractivity contribution < 1.29 is 9.53 Å². The van der Waals surface area contributed by atoms with Crippen molar-refractivity contribution in [3.63, 3.8) is 0 Å². The van der Waals surface area contributed by atoms with Crippen LogP contribution < -0.4 is 10.1 Å². The smallest absolute Gasteiger partial charge is 0.276 e. The number of carbonyl (C=O) groups excluding carboxylic acids is 1. The Bertz CT molecular complexity index is 1120. The fraction of sp³-hybridized carbons (Fsp3) is 0.0952. The Hall–Kier alpha value is -3.45. The lowest BCUT2D eigenvalue weighted by Gasteiger charge is -2.08. The molecule has 2 aromatic carbocycles. The number of thiazole rings is 1. The van der Waals surface area contributed by atoms with Crippen LogP contribution in [0.3, 0.4) is 0 Å². The molecule has 4 aromatic rings. The van der Waals surface area contributed by atoms with Crippen molar-refractivity contribution >= 4 is 22.4 Å². The minimum absolute atomic E-state index is 0.265. The van der Waals surface area contributed by atoms with E-state index in [2.05, 4.69) is 15.3 Å². The number of nitrogens with one attached hydrogen (secondary N) is 1. The Morgan fingerprint density at radius 2 is 2.00 bits per heavy atom. The number of para-hydroxylation sites is 1. The van der Waals surface area contributed by atoms with Crippen molar-refractivity contribution in [2.45, 2.75) is 6.92 Å². The van der Waals surface area contributed by atoms with Crippen molar-refractivity contribution in [3.05, 3.63) is 77.7 Å². The molecule has 0 bridgehead atoms. The van der Waals surface area contributed by atoms with Crippen LogP contribution >= 0.6 is 11.3 Å². The van der Waals surface area contributed by atoms with Crippen LogP contribution in [0, 0.1) is 6.92 Å². The summed E-state index contributed by atoms with van der Waals surface area (Å²) in [5.74, 6) is 0.481. The summed E-state index contributed by atoms with van der Waals surface area (Å²) >= 11 is 1.37. The molecule has 28 heavy (non-hydrogen) atoms. The number of carbonyl (C=O) groups is 1. The molecule has 0 saturated heterocycles. The van der Waals surface area contributed by atoms with Crippen LogP contribution in [-0.4, -0.2) is 27.6 Å². The molecule has 1 amide bonds. The van der Waals surface area contributed by atoms with Crippen LogP contribution in [0.15, 0.2) is 66.4 Å². The van der Waals surface area contributed by atoms with E-state index in [4.69, 9.17) is 4.74 Å². The Kier molecular flexibility index (Phi) is 4.90. The van der Waals surface area contributed by atoms with Gasteiger partial charge in [0.25, 0.3) is 5.91 Å². The van der Waals surface area contributed by atoms with Gasteiger partial charge in [-0.1, -0.05) is 29.8 Å². The quantitative estimate of drug-likeness (QED) is 0.542. The topological polar surface area (TPSA) is 69.0 Å². The molecule has 0 unspecified atom stereocenters. The number of anilines is 1. The van der Waals surface area contributed by atoms with E-state index in [-0.39, 0.29) is 5.91 Å². The molecular weight excluding hydrogens is 372 g/mol. The molecule has 0 atom stereocenters. The third kappa shape index (κ3) is 3.52. The minimum Gasteiger partial charge on any atom is -0.496 e. The monoisotopic (exact) mass is 390 g/mol. The predicted octanol–water partition coefficient (Wildman–Crippen LogP) is 4.57. The molecule has 0 fully saturated rings. The molecule has 0 aliphatic heterocycles. The first-order valence-electron chi connectivity index (χ1n) is 8.65. The average Bonchev–Trinajstić information content (AvgIpc) is 3.38. The summed E-state index contributed by atoms with van der Waals surface area (Å²) in [6, 6.07) is 15.5. The van der Waals surface area contributed by atoms with Gasteiger partial charge in [-0.3, -0.25) is 14.7 Å². The van der Waals surface area contributed by atoms with E-state index in [1.807, 2.05) is 60.8 Å². The van der Waals surface area contributed by atoms with Crippen molar-refractivity contribution in [1.82, 2.24) is 14.5 Å². The predicted molar refractivity (Wildman–Crippen MR) is 110 cm³/mol. The molecule has 1 N–H and O–H groups in total. The number of rotatable bonds is 5. The number of amides is 1. The zero-order valence-electron chi connectivity index (χ0n) is 15.4. The zero-order chi connectivity index (χ0) is 19.5. The van der Waals surface area contributed by atoms with Crippen LogP contribution in [-0.2, 0) is 0 Å². The first-order chi connectivity index (χ1) is 13.7. The highest BCUT2D eigenvalue weighted by atomic mass is 32.1. The maximum absolute atomic E-state index is 12.8.